The van der Waals surface area contributed by atoms with Gasteiger partial charge in [0, 0.05) is 37.5 Å². The number of aromatic amines is 1. The number of aromatic nitrogens is 4. The zero-order valence-electron chi connectivity index (χ0n) is 13.4. The monoisotopic (exact) mass is 313 g/mol. The first-order chi connectivity index (χ1) is 11.3. The Morgan fingerprint density at radius 2 is 2.22 bits per heavy atom. The summed E-state index contributed by atoms with van der Waals surface area (Å²) >= 11 is 0. The maximum atomic E-state index is 4.61. The van der Waals surface area contributed by atoms with Gasteiger partial charge in [0.05, 0.1) is 0 Å². The van der Waals surface area contributed by atoms with Crippen molar-refractivity contribution in [3.05, 3.63) is 24.0 Å². The molecule has 7 heteroatoms. The average molecular weight is 313 g/mol. The minimum Gasteiger partial charge on any atom is -0.343 e. The lowest BCUT2D eigenvalue weighted by Crippen LogP contribution is -2.28. The predicted molar refractivity (Wildman–Crippen MR) is 90.1 cm³/mol. The Kier molecular flexibility index (Phi) is 3.87. The van der Waals surface area contributed by atoms with E-state index in [2.05, 4.69) is 48.8 Å². The van der Waals surface area contributed by atoms with Crippen LogP contribution in [0.3, 0.4) is 0 Å². The molecule has 4 rings (SSSR count). The second-order valence-electron chi connectivity index (χ2n) is 6.59. The van der Waals surface area contributed by atoms with Gasteiger partial charge in [-0.15, -0.1) is 0 Å². The minimum atomic E-state index is 0.671. The maximum absolute atomic E-state index is 4.61. The van der Waals surface area contributed by atoms with Crippen LogP contribution in [0.4, 0.5) is 17.6 Å². The fraction of sp³-hybridized carbons (Fsp3) is 0.562. The molecule has 23 heavy (non-hydrogen) atoms. The summed E-state index contributed by atoms with van der Waals surface area (Å²) in [4.78, 5) is 11.1. The Balaban J connectivity index is 1.42. The molecule has 1 saturated carbocycles. The molecule has 1 atom stereocenters. The van der Waals surface area contributed by atoms with Gasteiger partial charge in [-0.1, -0.05) is 0 Å². The Morgan fingerprint density at radius 1 is 1.30 bits per heavy atom. The third-order valence-electron chi connectivity index (χ3n) is 4.55. The molecule has 1 saturated heterocycles. The van der Waals surface area contributed by atoms with Crippen molar-refractivity contribution in [3.63, 3.8) is 0 Å². The van der Waals surface area contributed by atoms with Crippen molar-refractivity contribution in [2.75, 3.05) is 36.9 Å². The highest BCUT2D eigenvalue weighted by Gasteiger charge is 2.25. The van der Waals surface area contributed by atoms with E-state index in [0.29, 0.717) is 11.8 Å². The fourth-order valence-corrected chi connectivity index (χ4v) is 3.08. The molecule has 7 nitrogen and oxygen atoms in total. The van der Waals surface area contributed by atoms with Gasteiger partial charge in [-0.3, -0.25) is 5.10 Å². The van der Waals surface area contributed by atoms with Gasteiger partial charge >= 0.3 is 0 Å². The van der Waals surface area contributed by atoms with E-state index in [9.17, 15) is 0 Å². The Labute approximate surface area is 135 Å². The van der Waals surface area contributed by atoms with Gasteiger partial charge in [0.15, 0.2) is 5.82 Å². The molecule has 3 N–H and O–H groups in total. The van der Waals surface area contributed by atoms with Gasteiger partial charge in [-0.2, -0.15) is 10.1 Å². The third-order valence-corrected chi connectivity index (χ3v) is 4.55. The average Bonchev–Trinajstić information content (AvgIpc) is 3.09. The van der Waals surface area contributed by atoms with Crippen LogP contribution in [-0.2, 0) is 0 Å². The molecule has 122 valence electrons. The van der Waals surface area contributed by atoms with E-state index >= 15 is 0 Å². The van der Waals surface area contributed by atoms with E-state index in [1.54, 1.807) is 6.20 Å². The summed E-state index contributed by atoms with van der Waals surface area (Å²) in [6.07, 6.45) is 5.54. The van der Waals surface area contributed by atoms with Crippen molar-refractivity contribution in [1.29, 1.82) is 0 Å². The van der Waals surface area contributed by atoms with Crippen LogP contribution in [-0.4, -0.2) is 46.8 Å². The van der Waals surface area contributed by atoms with Gasteiger partial charge in [0.2, 0.25) is 5.95 Å². The summed E-state index contributed by atoms with van der Waals surface area (Å²) < 4.78 is 0. The molecule has 0 bridgehead atoms. The van der Waals surface area contributed by atoms with Crippen LogP contribution in [0.25, 0.3) is 0 Å². The largest absolute Gasteiger partial charge is 0.343 e. The highest BCUT2D eigenvalue weighted by Crippen LogP contribution is 2.39. The van der Waals surface area contributed by atoms with Gasteiger partial charge in [-0.25, -0.2) is 4.98 Å². The lowest BCUT2D eigenvalue weighted by Gasteiger charge is -2.20. The molecule has 3 heterocycles. The zero-order chi connectivity index (χ0) is 15.6. The molecule has 0 amide bonds. The molecule has 0 aromatic carbocycles. The van der Waals surface area contributed by atoms with Crippen molar-refractivity contribution in [3.8, 4) is 0 Å². The number of anilines is 3. The van der Waals surface area contributed by atoms with Gasteiger partial charge < -0.3 is 15.5 Å². The normalized spacial score (nSPS) is 20.7. The molecular weight excluding hydrogens is 290 g/mol. The van der Waals surface area contributed by atoms with Crippen molar-refractivity contribution >= 4 is 17.6 Å². The topological polar surface area (TPSA) is 81.8 Å². The lowest BCUT2D eigenvalue weighted by atomic mass is 10.1. The van der Waals surface area contributed by atoms with Crippen LogP contribution in [0.1, 0.15) is 30.9 Å². The summed E-state index contributed by atoms with van der Waals surface area (Å²) in [6, 6.07) is 3.95. The number of nitrogens with one attached hydrogen (secondary N) is 3. The first-order valence-corrected chi connectivity index (χ1v) is 8.35. The van der Waals surface area contributed by atoms with Crippen LogP contribution >= 0.6 is 0 Å². The molecule has 0 unspecified atom stereocenters. The molecule has 2 aromatic heterocycles. The van der Waals surface area contributed by atoms with Crippen LogP contribution in [0.2, 0.25) is 0 Å². The number of hydrogen-bond acceptors (Lipinski definition) is 6. The molecule has 1 aliphatic heterocycles. The van der Waals surface area contributed by atoms with Crippen LogP contribution in [0.15, 0.2) is 18.3 Å². The fourth-order valence-electron chi connectivity index (χ4n) is 3.08. The standard InChI is InChI=1S/C16H23N7/c1-23(10-11-4-6-17-9-11)16-18-7-5-14(20-16)19-15-8-13(21-22-15)12-2-3-12/h5,7-8,11-12,17H,2-4,6,9-10H2,1H3,(H2,18,19,20,21,22)/t11-/m0/s1. The summed E-state index contributed by atoms with van der Waals surface area (Å²) in [7, 11) is 2.05. The highest BCUT2D eigenvalue weighted by molar-refractivity contribution is 5.53. The Hall–Kier alpha value is -2.15. The number of nitrogens with zero attached hydrogens (tertiary/aromatic N) is 4. The SMILES string of the molecule is CN(C[C@H]1CCNC1)c1nccc(Nc2cc(C3CC3)[nH]n2)n1. The lowest BCUT2D eigenvalue weighted by molar-refractivity contribution is 0.573. The summed E-state index contributed by atoms with van der Waals surface area (Å²) in [5.41, 5.74) is 1.22. The number of rotatable bonds is 6. The summed E-state index contributed by atoms with van der Waals surface area (Å²) in [5, 5.41) is 14.1. The Bertz CT molecular complexity index is 658. The molecule has 2 aliphatic rings. The summed E-state index contributed by atoms with van der Waals surface area (Å²) in [6.45, 7) is 3.17. The third kappa shape index (κ3) is 3.44. The van der Waals surface area contributed by atoms with Crippen LogP contribution < -0.4 is 15.5 Å². The molecule has 2 aromatic rings. The number of H-pyrrole nitrogens is 1. The van der Waals surface area contributed by atoms with Crippen LogP contribution in [0.5, 0.6) is 0 Å². The highest BCUT2D eigenvalue weighted by atomic mass is 15.3. The molecule has 0 spiro atoms. The molecular formula is C16H23N7. The quantitative estimate of drug-likeness (QED) is 0.755. The predicted octanol–water partition coefficient (Wildman–Crippen LogP) is 1.87. The zero-order valence-corrected chi connectivity index (χ0v) is 13.4. The van der Waals surface area contributed by atoms with Gasteiger partial charge in [0.25, 0.3) is 0 Å². The smallest absolute Gasteiger partial charge is 0.227 e. The molecule has 1 aliphatic carbocycles. The van der Waals surface area contributed by atoms with E-state index in [4.69, 9.17) is 0 Å². The minimum absolute atomic E-state index is 0.671. The molecule has 0 radical (unpaired) electrons. The van der Waals surface area contributed by atoms with E-state index in [0.717, 1.165) is 37.2 Å². The first-order valence-electron chi connectivity index (χ1n) is 8.35. The van der Waals surface area contributed by atoms with Crippen molar-refractivity contribution < 1.29 is 0 Å². The van der Waals surface area contributed by atoms with Gasteiger partial charge in [0.1, 0.15) is 5.82 Å². The van der Waals surface area contributed by atoms with E-state index in [1.807, 2.05) is 6.07 Å². The van der Waals surface area contributed by atoms with Gasteiger partial charge in [-0.05, 0) is 44.3 Å². The van der Waals surface area contributed by atoms with E-state index < -0.39 is 0 Å². The van der Waals surface area contributed by atoms with Crippen molar-refractivity contribution in [2.24, 2.45) is 5.92 Å². The first kappa shape index (κ1) is 14.4. The summed E-state index contributed by atoms with van der Waals surface area (Å²) in [5.74, 6) is 3.69. The van der Waals surface area contributed by atoms with Crippen molar-refractivity contribution in [1.82, 2.24) is 25.5 Å². The second kappa shape index (κ2) is 6.16. The second-order valence-corrected chi connectivity index (χ2v) is 6.59. The van der Waals surface area contributed by atoms with E-state index in [1.165, 1.54) is 25.0 Å². The number of hydrogen-bond donors (Lipinski definition) is 3. The maximum Gasteiger partial charge on any atom is 0.227 e. The van der Waals surface area contributed by atoms with Crippen LogP contribution in [0, 0.1) is 5.92 Å². The van der Waals surface area contributed by atoms with Crippen molar-refractivity contribution in [2.45, 2.75) is 25.2 Å². The Morgan fingerprint density at radius 3 is 3.00 bits per heavy atom. The molecule has 2 fully saturated rings. The van der Waals surface area contributed by atoms with E-state index in [-0.39, 0.29) is 0 Å².